The molecule has 0 bridgehead atoms. The van der Waals surface area contributed by atoms with Crippen LogP contribution in [0.2, 0.25) is 4.34 Å². The van der Waals surface area contributed by atoms with Crippen molar-refractivity contribution in [1.82, 2.24) is 24.6 Å². The fourth-order valence-electron chi connectivity index (χ4n) is 3.66. The van der Waals surface area contributed by atoms with E-state index >= 15 is 0 Å². The maximum atomic E-state index is 13.5. The van der Waals surface area contributed by atoms with Crippen LogP contribution in [0.1, 0.15) is 30.0 Å². The number of nitrogens with zero attached hydrogens (tertiary/aromatic N) is 5. The quantitative estimate of drug-likeness (QED) is 0.419. The van der Waals surface area contributed by atoms with Crippen molar-refractivity contribution in [2.45, 2.75) is 37.5 Å². The molecule has 4 rings (SSSR count). The van der Waals surface area contributed by atoms with E-state index in [1.54, 1.807) is 24.1 Å². The number of carbonyl (C=O) groups excluding carboxylic acids is 1. The molecule has 3 heterocycles. The fourth-order valence-corrected chi connectivity index (χ4v) is 5.71. The summed E-state index contributed by atoms with van der Waals surface area (Å²) in [6, 6.07) is 10.1. The highest BCUT2D eigenvalue weighted by Crippen LogP contribution is 2.25. The summed E-state index contributed by atoms with van der Waals surface area (Å²) in [5.74, 6) is 0.735. The van der Waals surface area contributed by atoms with Gasteiger partial charge in [0.15, 0.2) is 11.0 Å². The lowest BCUT2D eigenvalue weighted by atomic mass is 10.1. The Morgan fingerprint density at radius 3 is 2.59 bits per heavy atom. The van der Waals surface area contributed by atoms with E-state index in [0.29, 0.717) is 22.6 Å². The number of aromatic nitrogens is 3. The van der Waals surface area contributed by atoms with Crippen molar-refractivity contribution in [3.05, 3.63) is 57.3 Å². The van der Waals surface area contributed by atoms with E-state index in [0.717, 1.165) is 29.5 Å². The predicted octanol–water partition coefficient (Wildman–Crippen LogP) is 4.86. The Hall–Kier alpha value is -1.94. The second kappa shape index (κ2) is 10.8. The van der Waals surface area contributed by atoms with Crippen molar-refractivity contribution >= 4 is 40.6 Å². The summed E-state index contributed by atoms with van der Waals surface area (Å²) in [6.07, 6.45) is 3.63. The average Bonchev–Trinajstić information content (AvgIpc) is 3.39. The molecule has 10 heteroatoms. The van der Waals surface area contributed by atoms with Crippen LogP contribution in [-0.4, -0.2) is 56.4 Å². The normalized spacial score (nSPS) is 14.6. The van der Waals surface area contributed by atoms with Crippen molar-refractivity contribution in [2.75, 3.05) is 25.9 Å². The first-order valence-electron chi connectivity index (χ1n) is 10.5. The number of likely N-dealkylation sites (tertiary alicyclic amines) is 1. The number of halogens is 2. The van der Waals surface area contributed by atoms with E-state index in [-0.39, 0.29) is 17.5 Å². The molecule has 1 fully saturated rings. The lowest BCUT2D eigenvalue weighted by Crippen LogP contribution is -2.30. The minimum absolute atomic E-state index is 0.00856. The number of carbonyl (C=O) groups is 1. The van der Waals surface area contributed by atoms with Crippen LogP contribution in [0.15, 0.2) is 41.6 Å². The first kappa shape index (κ1) is 23.2. The Bertz CT molecular complexity index is 1050. The van der Waals surface area contributed by atoms with Crippen LogP contribution in [0, 0.1) is 5.82 Å². The third kappa shape index (κ3) is 5.89. The molecule has 170 valence electrons. The van der Waals surface area contributed by atoms with Crippen LogP contribution in [0.25, 0.3) is 5.69 Å². The van der Waals surface area contributed by atoms with Gasteiger partial charge in [-0.2, -0.15) is 0 Å². The SMILES string of the molecule is CN(Cc1ccc(Cl)s1)C(=O)CSc1nnc(CN2CCCCC2)n1-c1ccc(F)cc1. The summed E-state index contributed by atoms with van der Waals surface area (Å²) in [5.41, 5.74) is 0.792. The van der Waals surface area contributed by atoms with Gasteiger partial charge < -0.3 is 4.90 Å². The molecule has 0 unspecified atom stereocenters. The second-order valence-electron chi connectivity index (χ2n) is 7.79. The number of thioether (sulfide) groups is 1. The number of amides is 1. The van der Waals surface area contributed by atoms with Crippen LogP contribution in [0.5, 0.6) is 0 Å². The number of benzene rings is 1. The highest BCUT2D eigenvalue weighted by Gasteiger charge is 2.20. The maximum absolute atomic E-state index is 13.5. The van der Waals surface area contributed by atoms with Crippen LogP contribution < -0.4 is 0 Å². The summed E-state index contributed by atoms with van der Waals surface area (Å²) in [6.45, 7) is 3.27. The van der Waals surface area contributed by atoms with Gasteiger partial charge >= 0.3 is 0 Å². The topological polar surface area (TPSA) is 54.3 Å². The molecule has 1 aliphatic heterocycles. The van der Waals surface area contributed by atoms with Crippen LogP contribution in [0.4, 0.5) is 4.39 Å². The third-order valence-electron chi connectivity index (χ3n) is 5.37. The minimum atomic E-state index is -0.293. The van der Waals surface area contributed by atoms with E-state index in [2.05, 4.69) is 15.1 Å². The van der Waals surface area contributed by atoms with Gasteiger partial charge in [-0.3, -0.25) is 14.3 Å². The molecule has 0 radical (unpaired) electrons. The lowest BCUT2D eigenvalue weighted by Gasteiger charge is -2.26. The average molecular weight is 494 g/mol. The first-order chi connectivity index (χ1) is 15.5. The van der Waals surface area contributed by atoms with Gasteiger partial charge in [0.25, 0.3) is 0 Å². The van der Waals surface area contributed by atoms with Crippen LogP contribution in [-0.2, 0) is 17.9 Å². The Morgan fingerprint density at radius 1 is 1.16 bits per heavy atom. The summed E-state index contributed by atoms with van der Waals surface area (Å²) in [5, 5.41) is 9.42. The Balaban J connectivity index is 1.48. The lowest BCUT2D eigenvalue weighted by molar-refractivity contribution is -0.127. The summed E-state index contributed by atoms with van der Waals surface area (Å²) in [4.78, 5) is 17.8. The third-order valence-corrected chi connectivity index (χ3v) is 7.50. The molecule has 2 aromatic heterocycles. The van der Waals surface area contributed by atoms with Crippen molar-refractivity contribution in [3.8, 4) is 5.69 Å². The van der Waals surface area contributed by atoms with Gasteiger partial charge in [0.05, 0.1) is 23.2 Å². The van der Waals surface area contributed by atoms with Crippen LogP contribution in [0.3, 0.4) is 0 Å². The van der Waals surface area contributed by atoms with Crippen molar-refractivity contribution in [3.63, 3.8) is 0 Å². The van der Waals surface area contributed by atoms with Gasteiger partial charge in [0.2, 0.25) is 5.91 Å². The Labute approximate surface area is 200 Å². The van der Waals surface area contributed by atoms with E-state index < -0.39 is 0 Å². The van der Waals surface area contributed by atoms with Gasteiger partial charge in [0, 0.05) is 17.6 Å². The number of hydrogen-bond donors (Lipinski definition) is 0. The molecule has 1 aliphatic rings. The van der Waals surface area contributed by atoms with Gasteiger partial charge in [-0.15, -0.1) is 21.5 Å². The summed E-state index contributed by atoms with van der Waals surface area (Å²) >= 11 is 8.80. The molecule has 3 aromatic rings. The Kier molecular flexibility index (Phi) is 7.83. The Morgan fingerprint density at radius 2 is 1.91 bits per heavy atom. The van der Waals surface area contributed by atoms with Gasteiger partial charge in [-0.25, -0.2) is 4.39 Å². The zero-order valence-corrected chi connectivity index (χ0v) is 20.2. The largest absolute Gasteiger partial charge is 0.340 e. The molecule has 0 aliphatic carbocycles. The first-order valence-corrected chi connectivity index (χ1v) is 12.7. The molecule has 0 N–H and O–H groups in total. The molecule has 6 nitrogen and oxygen atoms in total. The maximum Gasteiger partial charge on any atom is 0.233 e. The predicted molar refractivity (Wildman–Crippen MR) is 127 cm³/mol. The highest BCUT2D eigenvalue weighted by atomic mass is 35.5. The molecule has 32 heavy (non-hydrogen) atoms. The highest BCUT2D eigenvalue weighted by molar-refractivity contribution is 7.99. The molecule has 1 amide bonds. The monoisotopic (exact) mass is 493 g/mol. The number of thiophene rings is 1. The van der Waals surface area contributed by atoms with E-state index in [4.69, 9.17) is 11.6 Å². The minimum Gasteiger partial charge on any atom is -0.340 e. The standard InChI is InChI=1S/C22H25ClFN5OS2/c1-27(13-18-9-10-19(23)32-18)21(30)15-31-22-26-25-20(14-28-11-3-2-4-12-28)29(22)17-7-5-16(24)6-8-17/h5-10H,2-4,11-15H2,1H3. The molecule has 0 spiro atoms. The van der Waals surface area contributed by atoms with Crippen molar-refractivity contribution < 1.29 is 9.18 Å². The molecule has 1 saturated heterocycles. The van der Waals surface area contributed by atoms with Gasteiger partial charge in [-0.1, -0.05) is 29.8 Å². The van der Waals surface area contributed by atoms with Gasteiger partial charge in [-0.05, 0) is 62.3 Å². The second-order valence-corrected chi connectivity index (χ2v) is 10.5. The zero-order chi connectivity index (χ0) is 22.5. The van der Waals surface area contributed by atoms with Gasteiger partial charge in [0.1, 0.15) is 5.82 Å². The van der Waals surface area contributed by atoms with Crippen molar-refractivity contribution in [2.24, 2.45) is 0 Å². The smallest absolute Gasteiger partial charge is 0.233 e. The number of piperidine rings is 1. The molecular formula is C22H25ClFN5OS2. The summed E-state index contributed by atoms with van der Waals surface area (Å²) in [7, 11) is 1.78. The van der Waals surface area contributed by atoms with Crippen molar-refractivity contribution in [1.29, 1.82) is 0 Å². The molecule has 0 saturated carbocycles. The zero-order valence-electron chi connectivity index (χ0n) is 17.8. The fraction of sp³-hybridized carbons (Fsp3) is 0.409. The summed E-state index contributed by atoms with van der Waals surface area (Å²) < 4.78 is 16.2. The number of rotatable bonds is 8. The number of hydrogen-bond acceptors (Lipinski definition) is 6. The van der Waals surface area contributed by atoms with E-state index in [1.807, 2.05) is 16.7 Å². The molecule has 1 aromatic carbocycles. The van der Waals surface area contributed by atoms with E-state index in [9.17, 15) is 9.18 Å². The van der Waals surface area contributed by atoms with Crippen LogP contribution >= 0.6 is 34.7 Å². The molecular weight excluding hydrogens is 469 g/mol. The van der Waals surface area contributed by atoms with E-state index in [1.165, 1.54) is 54.5 Å². The molecule has 0 atom stereocenters.